The minimum atomic E-state index is -1.51. The predicted octanol–water partition coefficient (Wildman–Crippen LogP) is 1.44. The Balaban J connectivity index is 1.80. The molecule has 1 aliphatic heterocycles. The molecule has 2 aromatic heterocycles. The summed E-state index contributed by atoms with van der Waals surface area (Å²) in [5.74, 6) is -2.14. The molecule has 120 valence electrons. The summed E-state index contributed by atoms with van der Waals surface area (Å²) in [5, 5.41) is 3.94. The Labute approximate surface area is 134 Å². The van der Waals surface area contributed by atoms with Crippen molar-refractivity contribution in [3.8, 4) is 5.69 Å². The Hall–Kier alpha value is -3.07. The van der Waals surface area contributed by atoms with E-state index in [0.717, 1.165) is 6.07 Å². The first kappa shape index (κ1) is 14.5. The number of hydrogen-bond acceptors (Lipinski definition) is 6. The highest BCUT2D eigenvalue weighted by molar-refractivity contribution is 6.05. The Morgan fingerprint density at radius 1 is 1.25 bits per heavy atom. The summed E-state index contributed by atoms with van der Waals surface area (Å²) < 4.78 is 33.8. The van der Waals surface area contributed by atoms with Crippen LogP contribution in [0.25, 0.3) is 5.69 Å². The zero-order valence-electron chi connectivity index (χ0n) is 12.1. The van der Waals surface area contributed by atoms with Crippen molar-refractivity contribution in [2.75, 3.05) is 6.61 Å². The Morgan fingerprint density at radius 3 is 2.75 bits per heavy atom. The number of hydrogen-bond donors (Lipinski definition) is 0. The second-order valence-electron chi connectivity index (χ2n) is 5.17. The molecule has 7 nitrogen and oxygen atoms in total. The monoisotopic (exact) mass is 329 g/mol. The molecule has 3 aromatic rings. The lowest BCUT2D eigenvalue weighted by Crippen LogP contribution is -2.26. The highest BCUT2D eigenvalue weighted by Crippen LogP contribution is 2.43. The number of rotatable bonds is 4. The van der Waals surface area contributed by atoms with Gasteiger partial charge in [-0.05, 0) is 12.1 Å². The van der Waals surface area contributed by atoms with Crippen molar-refractivity contribution in [1.82, 2.24) is 24.7 Å². The van der Waals surface area contributed by atoms with Gasteiger partial charge in [-0.2, -0.15) is 5.10 Å². The average molecular weight is 329 g/mol. The van der Waals surface area contributed by atoms with Gasteiger partial charge >= 0.3 is 0 Å². The van der Waals surface area contributed by atoms with Gasteiger partial charge in [-0.1, -0.05) is 0 Å². The maximum absolute atomic E-state index is 14.1. The smallest absolute Gasteiger partial charge is 0.222 e. The Morgan fingerprint density at radius 2 is 2.08 bits per heavy atom. The van der Waals surface area contributed by atoms with Gasteiger partial charge in [0.15, 0.2) is 5.60 Å². The van der Waals surface area contributed by atoms with E-state index >= 15 is 0 Å². The summed E-state index contributed by atoms with van der Waals surface area (Å²) in [6.07, 6.45) is 5.27. The normalized spacial score (nSPS) is 19.2. The number of Topliss-reactive ketones (excluding diaryl/α,β-unsaturated/α-hetero) is 1. The fourth-order valence-electron chi connectivity index (χ4n) is 2.49. The van der Waals surface area contributed by atoms with Crippen LogP contribution in [0, 0.1) is 11.6 Å². The lowest BCUT2D eigenvalue weighted by Gasteiger charge is -2.13. The summed E-state index contributed by atoms with van der Waals surface area (Å²) in [7, 11) is 0. The summed E-state index contributed by atoms with van der Waals surface area (Å²) in [5.41, 5.74) is -1.24. The third-order valence-electron chi connectivity index (χ3n) is 3.74. The fourth-order valence-corrected chi connectivity index (χ4v) is 2.49. The van der Waals surface area contributed by atoms with Gasteiger partial charge in [-0.3, -0.25) is 4.79 Å². The SMILES string of the molecule is O=C(c1ncncc1-n1cncn1)[C@@]1(c2ccc(F)cc2F)CO1. The molecule has 0 saturated carbocycles. The van der Waals surface area contributed by atoms with Crippen molar-refractivity contribution in [3.05, 3.63) is 66.3 Å². The zero-order chi connectivity index (χ0) is 16.7. The van der Waals surface area contributed by atoms with Crippen molar-refractivity contribution in [1.29, 1.82) is 0 Å². The van der Waals surface area contributed by atoms with E-state index in [-0.39, 0.29) is 23.6 Å². The average Bonchev–Trinajstić information content (AvgIpc) is 3.19. The molecule has 0 N–H and O–H groups in total. The number of carbonyl (C=O) groups is 1. The third kappa shape index (κ3) is 2.17. The second-order valence-corrected chi connectivity index (χ2v) is 5.17. The number of aromatic nitrogens is 5. The molecule has 0 amide bonds. The van der Waals surface area contributed by atoms with E-state index in [1.807, 2.05) is 0 Å². The zero-order valence-corrected chi connectivity index (χ0v) is 12.1. The molecule has 0 aliphatic carbocycles. The Kier molecular flexibility index (Phi) is 3.17. The molecule has 3 heterocycles. The van der Waals surface area contributed by atoms with Gasteiger partial charge in [0.2, 0.25) is 5.78 Å². The standard InChI is InChI=1S/C15H9F2N5O2/c16-9-1-2-10(11(17)3-9)15(5-24-15)14(23)13-12(4-18-6-20-13)22-8-19-7-21-22/h1-4,6-8H,5H2/t15-/m0/s1. The summed E-state index contributed by atoms with van der Waals surface area (Å²) >= 11 is 0. The summed E-state index contributed by atoms with van der Waals surface area (Å²) in [6, 6.07) is 2.99. The van der Waals surface area contributed by atoms with Crippen molar-refractivity contribution < 1.29 is 18.3 Å². The molecule has 0 radical (unpaired) electrons. The van der Waals surface area contributed by atoms with Crippen LogP contribution in [0.15, 0.2) is 43.4 Å². The van der Waals surface area contributed by atoms with Crippen LogP contribution in [-0.4, -0.2) is 37.1 Å². The number of epoxide rings is 1. The van der Waals surface area contributed by atoms with Crippen LogP contribution in [0.5, 0.6) is 0 Å². The highest BCUT2D eigenvalue weighted by Gasteiger charge is 2.56. The van der Waals surface area contributed by atoms with Crippen molar-refractivity contribution in [2.24, 2.45) is 0 Å². The first-order valence-electron chi connectivity index (χ1n) is 6.91. The first-order chi connectivity index (χ1) is 11.6. The minimum Gasteiger partial charge on any atom is -0.356 e. The van der Waals surface area contributed by atoms with Gasteiger partial charge in [0.25, 0.3) is 0 Å². The van der Waals surface area contributed by atoms with Gasteiger partial charge in [-0.25, -0.2) is 28.4 Å². The molecule has 24 heavy (non-hydrogen) atoms. The molecule has 0 bridgehead atoms. The molecule has 0 unspecified atom stereocenters. The minimum absolute atomic E-state index is 0.0109. The fraction of sp³-hybridized carbons (Fsp3) is 0.133. The largest absolute Gasteiger partial charge is 0.356 e. The van der Waals surface area contributed by atoms with E-state index in [0.29, 0.717) is 6.07 Å². The summed E-state index contributed by atoms with van der Waals surface area (Å²) in [4.78, 5) is 24.6. The molecule has 1 aromatic carbocycles. The van der Waals surface area contributed by atoms with Gasteiger partial charge in [-0.15, -0.1) is 0 Å². The van der Waals surface area contributed by atoms with Crippen molar-refractivity contribution >= 4 is 5.78 Å². The molecule has 0 spiro atoms. The lowest BCUT2D eigenvalue weighted by atomic mass is 9.92. The van der Waals surface area contributed by atoms with E-state index < -0.39 is 23.0 Å². The van der Waals surface area contributed by atoms with Gasteiger partial charge < -0.3 is 4.74 Å². The Bertz CT molecular complexity index is 925. The van der Waals surface area contributed by atoms with Gasteiger partial charge in [0.05, 0.1) is 12.8 Å². The maximum atomic E-state index is 14.1. The molecule has 9 heteroatoms. The first-order valence-corrected chi connectivity index (χ1v) is 6.91. The van der Waals surface area contributed by atoms with E-state index in [2.05, 4.69) is 20.1 Å². The lowest BCUT2D eigenvalue weighted by molar-refractivity contribution is 0.0861. The number of carbonyl (C=O) groups excluding carboxylic acids is 1. The maximum Gasteiger partial charge on any atom is 0.222 e. The van der Waals surface area contributed by atoms with Gasteiger partial charge in [0, 0.05) is 11.6 Å². The second kappa shape index (κ2) is 5.24. The molecule has 1 fully saturated rings. The van der Waals surface area contributed by atoms with Crippen molar-refractivity contribution in [3.63, 3.8) is 0 Å². The third-order valence-corrected chi connectivity index (χ3v) is 3.74. The number of halogens is 2. The van der Waals surface area contributed by atoms with Crippen LogP contribution in [0.3, 0.4) is 0 Å². The quantitative estimate of drug-likeness (QED) is 0.532. The number of benzene rings is 1. The van der Waals surface area contributed by atoms with Gasteiger partial charge in [0.1, 0.15) is 42.0 Å². The molecule has 4 rings (SSSR count). The van der Waals surface area contributed by atoms with E-state index in [4.69, 9.17) is 4.74 Å². The number of nitrogens with zero attached hydrogens (tertiary/aromatic N) is 5. The number of ketones is 1. The molecule has 1 aliphatic rings. The molecular weight excluding hydrogens is 320 g/mol. The van der Waals surface area contributed by atoms with Crippen LogP contribution in [-0.2, 0) is 10.3 Å². The topological polar surface area (TPSA) is 86.1 Å². The van der Waals surface area contributed by atoms with Crippen LogP contribution in [0.1, 0.15) is 16.1 Å². The predicted molar refractivity (Wildman–Crippen MR) is 75.3 cm³/mol. The molecule has 1 atom stereocenters. The summed E-state index contributed by atoms with van der Waals surface area (Å²) in [6.45, 7) is -0.0187. The van der Waals surface area contributed by atoms with Crippen LogP contribution < -0.4 is 0 Å². The van der Waals surface area contributed by atoms with E-state index in [1.165, 1.54) is 35.9 Å². The van der Waals surface area contributed by atoms with E-state index in [1.54, 1.807) is 0 Å². The van der Waals surface area contributed by atoms with Crippen LogP contribution >= 0.6 is 0 Å². The van der Waals surface area contributed by atoms with E-state index in [9.17, 15) is 13.6 Å². The number of ether oxygens (including phenoxy) is 1. The van der Waals surface area contributed by atoms with Crippen LogP contribution in [0.4, 0.5) is 8.78 Å². The molecular formula is C15H9F2N5O2. The van der Waals surface area contributed by atoms with Crippen molar-refractivity contribution in [2.45, 2.75) is 5.60 Å². The highest BCUT2D eigenvalue weighted by atomic mass is 19.1. The molecule has 1 saturated heterocycles. The van der Waals surface area contributed by atoms with Crippen LogP contribution in [0.2, 0.25) is 0 Å².